The van der Waals surface area contributed by atoms with Crippen molar-refractivity contribution in [1.29, 1.82) is 0 Å². The molecule has 2 fully saturated rings. The molecule has 10 nitrogen and oxygen atoms in total. The van der Waals surface area contributed by atoms with Gasteiger partial charge in [-0.15, -0.1) is 5.10 Å². The first kappa shape index (κ1) is 18.9. The molecule has 2 aromatic rings. The number of thioether (sulfide) groups is 1. The molecule has 1 amide bonds. The van der Waals surface area contributed by atoms with Crippen molar-refractivity contribution in [3.63, 3.8) is 0 Å². The monoisotopic (exact) mass is 403 g/mol. The number of primary amides is 1. The van der Waals surface area contributed by atoms with Crippen molar-refractivity contribution in [3.8, 4) is 5.95 Å². The molecule has 0 spiro atoms. The summed E-state index contributed by atoms with van der Waals surface area (Å²) in [6.45, 7) is 3.83. The lowest BCUT2D eigenvalue weighted by Gasteiger charge is -2.30. The van der Waals surface area contributed by atoms with Gasteiger partial charge in [0.15, 0.2) is 0 Å². The summed E-state index contributed by atoms with van der Waals surface area (Å²) in [6, 6.07) is 0. The lowest BCUT2D eigenvalue weighted by Crippen LogP contribution is -2.34. The molecule has 0 saturated carbocycles. The number of carbonyl (C=O) groups is 1. The third-order valence-corrected chi connectivity index (χ3v) is 5.77. The molecule has 2 saturated heterocycles. The van der Waals surface area contributed by atoms with Crippen LogP contribution in [0.3, 0.4) is 0 Å². The van der Waals surface area contributed by atoms with Gasteiger partial charge in [-0.05, 0) is 38.5 Å². The van der Waals surface area contributed by atoms with Crippen LogP contribution in [-0.2, 0) is 4.79 Å². The summed E-state index contributed by atoms with van der Waals surface area (Å²) in [5.41, 5.74) is 5.20. The molecule has 2 aromatic heterocycles. The molecular formula is C17H25N9OS. The van der Waals surface area contributed by atoms with Gasteiger partial charge in [0.2, 0.25) is 23.0 Å². The number of hydrogen-bond acceptors (Lipinski definition) is 9. The van der Waals surface area contributed by atoms with Crippen LogP contribution < -0.4 is 15.5 Å². The SMILES string of the molecule is NC(=O)CSc1ncn(-c2nc(N3CCCCC3)nc(N3CCCCC3)n2)n1. The molecule has 0 bridgehead atoms. The summed E-state index contributed by atoms with van der Waals surface area (Å²) in [4.78, 5) is 33.8. The molecule has 2 N–H and O–H groups in total. The van der Waals surface area contributed by atoms with Gasteiger partial charge in [0.25, 0.3) is 5.95 Å². The number of hydrogen-bond donors (Lipinski definition) is 1. The summed E-state index contributed by atoms with van der Waals surface area (Å²) >= 11 is 1.20. The van der Waals surface area contributed by atoms with Crippen LogP contribution in [0.5, 0.6) is 0 Å². The summed E-state index contributed by atoms with van der Waals surface area (Å²) in [5.74, 6) is 1.59. The fourth-order valence-corrected chi connectivity index (χ4v) is 4.00. The highest BCUT2D eigenvalue weighted by Gasteiger charge is 2.21. The number of carbonyl (C=O) groups excluding carboxylic acids is 1. The van der Waals surface area contributed by atoms with E-state index in [1.165, 1.54) is 24.6 Å². The van der Waals surface area contributed by atoms with Gasteiger partial charge in [-0.25, -0.2) is 4.98 Å². The number of rotatable bonds is 6. The molecule has 0 unspecified atom stereocenters. The van der Waals surface area contributed by atoms with E-state index in [2.05, 4.69) is 29.9 Å². The summed E-state index contributed by atoms with van der Waals surface area (Å²) in [6.07, 6.45) is 8.66. The Hall–Kier alpha value is -2.43. The smallest absolute Gasteiger partial charge is 0.258 e. The van der Waals surface area contributed by atoms with Gasteiger partial charge in [-0.2, -0.15) is 19.6 Å². The average Bonchev–Trinajstić information content (AvgIpc) is 3.22. The van der Waals surface area contributed by atoms with Crippen molar-refractivity contribution in [1.82, 2.24) is 29.7 Å². The molecule has 0 aromatic carbocycles. The van der Waals surface area contributed by atoms with E-state index in [4.69, 9.17) is 10.7 Å². The minimum Gasteiger partial charge on any atom is -0.369 e. The summed E-state index contributed by atoms with van der Waals surface area (Å²) < 4.78 is 1.55. The minimum absolute atomic E-state index is 0.138. The van der Waals surface area contributed by atoms with Gasteiger partial charge in [0, 0.05) is 26.2 Å². The largest absolute Gasteiger partial charge is 0.369 e. The maximum absolute atomic E-state index is 11.0. The highest BCUT2D eigenvalue weighted by molar-refractivity contribution is 7.99. The lowest BCUT2D eigenvalue weighted by molar-refractivity contribution is -0.115. The van der Waals surface area contributed by atoms with Crippen molar-refractivity contribution in [2.24, 2.45) is 5.73 Å². The van der Waals surface area contributed by atoms with Crippen molar-refractivity contribution in [2.45, 2.75) is 43.7 Å². The van der Waals surface area contributed by atoms with Crippen LogP contribution in [0.15, 0.2) is 11.5 Å². The van der Waals surface area contributed by atoms with Gasteiger partial charge in [0.05, 0.1) is 5.75 Å². The third-order valence-electron chi connectivity index (χ3n) is 4.90. The molecule has 150 valence electrons. The van der Waals surface area contributed by atoms with Crippen molar-refractivity contribution in [2.75, 3.05) is 41.7 Å². The maximum atomic E-state index is 11.0. The molecule has 2 aliphatic heterocycles. The van der Waals surface area contributed by atoms with E-state index in [1.54, 1.807) is 11.0 Å². The van der Waals surface area contributed by atoms with E-state index in [9.17, 15) is 4.79 Å². The number of aromatic nitrogens is 6. The molecule has 4 heterocycles. The number of anilines is 2. The van der Waals surface area contributed by atoms with E-state index in [0.29, 0.717) is 23.0 Å². The third kappa shape index (κ3) is 4.51. The molecule has 28 heavy (non-hydrogen) atoms. The van der Waals surface area contributed by atoms with Gasteiger partial charge in [0.1, 0.15) is 6.33 Å². The second kappa shape index (κ2) is 8.72. The zero-order valence-electron chi connectivity index (χ0n) is 15.8. The van der Waals surface area contributed by atoms with Crippen molar-refractivity contribution < 1.29 is 4.79 Å². The molecule has 0 aliphatic carbocycles. The first-order valence-electron chi connectivity index (χ1n) is 9.78. The van der Waals surface area contributed by atoms with Gasteiger partial charge in [-0.3, -0.25) is 4.79 Å². The van der Waals surface area contributed by atoms with Crippen LogP contribution in [0, 0.1) is 0 Å². The van der Waals surface area contributed by atoms with Crippen LogP contribution in [-0.4, -0.2) is 67.6 Å². The van der Waals surface area contributed by atoms with Gasteiger partial charge in [-0.1, -0.05) is 11.8 Å². The fraction of sp³-hybridized carbons (Fsp3) is 0.647. The normalized spacial score (nSPS) is 17.7. The van der Waals surface area contributed by atoms with E-state index in [1.807, 2.05) is 0 Å². The maximum Gasteiger partial charge on any atom is 0.258 e. The van der Waals surface area contributed by atoms with Crippen LogP contribution in [0.25, 0.3) is 5.95 Å². The number of amides is 1. The summed E-state index contributed by atoms with van der Waals surface area (Å²) in [7, 11) is 0. The van der Waals surface area contributed by atoms with Crippen LogP contribution in [0.4, 0.5) is 11.9 Å². The minimum atomic E-state index is -0.402. The van der Waals surface area contributed by atoms with E-state index < -0.39 is 5.91 Å². The second-order valence-corrected chi connectivity index (χ2v) is 8.00. The molecule has 0 radical (unpaired) electrons. The predicted molar refractivity (Wildman–Crippen MR) is 107 cm³/mol. The topological polar surface area (TPSA) is 119 Å². The molecule has 0 atom stereocenters. The Kier molecular flexibility index (Phi) is 5.89. The zero-order chi connectivity index (χ0) is 19.3. The highest BCUT2D eigenvalue weighted by Crippen LogP contribution is 2.22. The van der Waals surface area contributed by atoms with E-state index in [-0.39, 0.29) is 5.75 Å². The molecule has 2 aliphatic rings. The standard InChI is InChI=1S/C17H25N9OS/c18-13(27)11-28-17-19-12-26(23-17)16-21-14(24-7-3-1-4-8-24)20-15(22-16)25-9-5-2-6-10-25/h12H,1-11H2,(H2,18,27). The Morgan fingerprint density at radius 1 is 0.893 bits per heavy atom. The average molecular weight is 404 g/mol. The first-order valence-corrected chi connectivity index (χ1v) is 10.8. The Labute approximate surface area is 167 Å². The second-order valence-electron chi connectivity index (χ2n) is 7.06. The molecular weight excluding hydrogens is 378 g/mol. The first-order chi connectivity index (χ1) is 13.7. The highest BCUT2D eigenvalue weighted by atomic mass is 32.2. The van der Waals surface area contributed by atoms with E-state index in [0.717, 1.165) is 51.9 Å². The van der Waals surface area contributed by atoms with Crippen LogP contribution in [0.1, 0.15) is 38.5 Å². The van der Waals surface area contributed by atoms with Crippen LogP contribution in [0.2, 0.25) is 0 Å². The Balaban J connectivity index is 1.64. The van der Waals surface area contributed by atoms with Gasteiger partial charge < -0.3 is 15.5 Å². The Morgan fingerprint density at radius 2 is 1.43 bits per heavy atom. The molecule has 11 heteroatoms. The summed E-state index contributed by atoms with van der Waals surface area (Å²) in [5, 5.41) is 4.87. The predicted octanol–water partition coefficient (Wildman–Crippen LogP) is 1.01. The van der Waals surface area contributed by atoms with Crippen molar-refractivity contribution in [3.05, 3.63) is 6.33 Å². The number of nitrogens with zero attached hydrogens (tertiary/aromatic N) is 8. The quantitative estimate of drug-likeness (QED) is 0.705. The van der Waals surface area contributed by atoms with Gasteiger partial charge >= 0.3 is 0 Å². The van der Waals surface area contributed by atoms with E-state index >= 15 is 0 Å². The Morgan fingerprint density at radius 3 is 1.96 bits per heavy atom. The number of nitrogens with two attached hydrogens (primary N) is 1. The zero-order valence-corrected chi connectivity index (χ0v) is 16.6. The molecule has 4 rings (SSSR count). The Bertz CT molecular complexity index is 778. The number of piperidine rings is 2. The lowest BCUT2D eigenvalue weighted by atomic mass is 10.1. The van der Waals surface area contributed by atoms with Crippen molar-refractivity contribution >= 4 is 29.6 Å². The van der Waals surface area contributed by atoms with Crippen LogP contribution >= 0.6 is 11.8 Å². The fourth-order valence-electron chi connectivity index (χ4n) is 3.46.